The van der Waals surface area contributed by atoms with E-state index in [0.717, 1.165) is 5.69 Å². The van der Waals surface area contributed by atoms with Crippen LogP contribution in [0.2, 0.25) is 0 Å². The number of carbonyl (C=O) groups is 4. The summed E-state index contributed by atoms with van der Waals surface area (Å²) in [6.07, 6.45) is 3.32. The van der Waals surface area contributed by atoms with Crippen molar-refractivity contribution in [2.75, 3.05) is 18.0 Å². The number of Topliss-reactive ketones (excluding diaryl/α,β-unsaturated/α-hetero) is 1. The monoisotopic (exact) mass is 581 g/mol. The molecule has 0 saturated carbocycles. The average Bonchev–Trinajstić information content (AvgIpc) is 3.36. The van der Waals surface area contributed by atoms with Crippen LogP contribution in [0.1, 0.15) is 63.2 Å². The standard InChI is InChI=1S/C32H28FN5O5/c33-26-14-20(30(40)19-10-12-37(13-11-19)23-7-6-22(15-34)35-16-23)4-5-21(26)18-43-28-3-1-2-24-25(28)17-38(32(24)42)27-8-9-29(39)36-31(27)41/h1-7,14,16,19,27H,8-13,17-18H2,(H,36,39,41)/t27-/m0/s1. The lowest BCUT2D eigenvalue weighted by atomic mass is 9.88. The molecule has 2 saturated heterocycles. The van der Waals surface area contributed by atoms with Gasteiger partial charge in [-0.2, -0.15) is 5.26 Å². The molecule has 1 atom stereocenters. The Balaban J connectivity index is 1.07. The highest BCUT2D eigenvalue weighted by Crippen LogP contribution is 2.34. The first-order valence-corrected chi connectivity index (χ1v) is 14.2. The van der Waals surface area contributed by atoms with Crippen LogP contribution >= 0.6 is 0 Å². The minimum Gasteiger partial charge on any atom is -0.488 e. The number of nitrogens with one attached hydrogen (secondary N) is 1. The highest BCUT2D eigenvalue weighted by Gasteiger charge is 2.40. The van der Waals surface area contributed by atoms with E-state index >= 15 is 4.39 Å². The molecule has 43 heavy (non-hydrogen) atoms. The molecular formula is C32H28FN5O5. The van der Waals surface area contributed by atoms with E-state index < -0.39 is 17.8 Å². The smallest absolute Gasteiger partial charge is 0.255 e. The van der Waals surface area contributed by atoms with Crippen LogP contribution < -0.4 is 15.0 Å². The van der Waals surface area contributed by atoms with Gasteiger partial charge in [-0.05, 0) is 49.6 Å². The number of fused-ring (bicyclic) bond motifs is 1. The van der Waals surface area contributed by atoms with Gasteiger partial charge in [0.25, 0.3) is 5.91 Å². The third kappa shape index (κ3) is 5.56. The van der Waals surface area contributed by atoms with Gasteiger partial charge in [0.05, 0.1) is 18.4 Å². The van der Waals surface area contributed by atoms with Gasteiger partial charge < -0.3 is 14.5 Å². The fourth-order valence-electron chi connectivity index (χ4n) is 5.94. The number of halogens is 1. The Morgan fingerprint density at radius 3 is 2.60 bits per heavy atom. The second-order valence-corrected chi connectivity index (χ2v) is 10.9. The number of benzene rings is 2. The van der Waals surface area contributed by atoms with Crippen molar-refractivity contribution in [1.82, 2.24) is 15.2 Å². The summed E-state index contributed by atoms with van der Waals surface area (Å²) in [6.45, 7) is 1.35. The molecule has 3 aliphatic rings. The van der Waals surface area contributed by atoms with Gasteiger partial charge in [-0.15, -0.1) is 0 Å². The highest BCUT2D eigenvalue weighted by atomic mass is 19.1. The van der Waals surface area contributed by atoms with E-state index in [4.69, 9.17) is 10.00 Å². The molecule has 3 amide bonds. The van der Waals surface area contributed by atoms with Crippen LogP contribution in [0, 0.1) is 23.1 Å². The first-order valence-electron chi connectivity index (χ1n) is 14.2. The Kier molecular flexibility index (Phi) is 7.59. The number of aromatic nitrogens is 1. The van der Waals surface area contributed by atoms with Crippen LogP contribution in [-0.4, -0.2) is 52.5 Å². The van der Waals surface area contributed by atoms with Crippen molar-refractivity contribution in [3.05, 3.63) is 88.5 Å². The van der Waals surface area contributed by atoms with Crippen molar-refractivity contribution in [2.24, 2.45) is 5.92 Å². The molecule has 1 N–H and O–H groups in total. The van der Waals surface area contributed by atoms with Crippen molar-refractivity contribution < 1.29 is 28.3 Å². The molecule has 4 heterocycles. The molecule has 3 aromatic rings. The fraction of sp³-hybridized carbons (Fsp3) is 0.312. The fourth-order valence-corrected chi connectivity index (χ4v) is 5.94. The number of hydrogen-bond donors (Lipinski definition) is 1. The number of ketones is 1. The number of pyridine rings is 1. The Hall–Kier alpha value is -5.11. The van der Waals surface area contributed by atoms with Crippen molar-refractivity contribution in [1.29, 1.82) is 5.26 Å². The van der Waals surface area contributed by atoms with E-state index in [-0.39, 0.29) is 55.1 Å². The molecule has 218 valence electrons. The summed E-state index contributed by atoms with van der Waals surface area (Å²) in [7, 11) is 0. The van der Waals surface area contributed by atoms with Gasteiger partial charge in [0.1, 0.15) is 36.0 Å². The Morgan fingerprint density at radius 2 is 1.91 bits per heavy atom. The number of anilines is 1. The summed E-state index contributed by atoms with van der Waals surface area (Å²) in [4.78, 5) is 57.8. The highest BCUT2D eigenvalue weighted by molar-refractivity contribution is 6.05. The maximum Gasteiger partial charge on any atom is 0.255 e. The van der Waals surface area contributed by atoms with Crippen molar-refractivity contribution in [3.8, 4) is 11.8 Å². The van der Waals surface area contributed by atoms with E-state index in [0.29, 0.717) is 54.1 Å². The molecule has 11 heteroatoms. The lowest BCUT2D eigenvalue weighted by Gasteiger charge is -2.32. The molecule has 1 aromatic heterocycles. The van der Waals surface area contributed by atoms with Gasteiger partial charge in [-0.25, -0.2) is 9.37 Å². The lowest BCUT2D eigenvalue weighted by molar-refractivity contribution is -0.136. The summed E-state index contributed by atoms with van der Waals surface area (Å²) in [5.74, 6) is -1.64. The minimum absolute atomic E-state index is 0.100. The number of rotatable bonds is 7. The molecule has 0 bridgehead atoms. The Bertz CT molecular complexity index is 1660. The van der Waals surface area contributed by atoms with Crippen LogP contribution in [-0.2, 0) is 22.7 Å². The van der Waals surface area contributed by atoms with Crippen LogP contribution in [0.15, 0.2) is 54.7 Å². The number of imide groups is 1. The number of ether oxygens (including phenoxy) is 1. The van der Waals surface area contributed by atoms with Gasteiger partial charge in [0.2, 0.25) is 11.8 Å². The number of nitrogens with zero attached hydrogens (tertiary/aromatic N) is 4. The van der Waals surface area contributed by atoms with E-state index in [1.807, 2.05) is 12.1 Å². The second kappa shape index (κ2) is 11.6. The van der Waals surface area contributed by atoms with Gasteiger partial charge in [-0.1, -0.05) is 18.2 Å². The quantitative estimate of drug-likeness (QED) is 0.331. The van der Waals surface area contributed by atoms with Crippen molar-refractivity contribution >= 4 is 29.2 Å². The first-order chi connectivity index (χ1) is 20.8. The molecule has 6 rings (SSSR count). The summed E-state index contributed by atoms with van der Waals surface area (Å²) < 4.78 is 21.1. The lowest BCUT2D eigenvalue weighted by Crippen LogP contribution is -2.52. The van der Waals surface area contributed by atoms with Gasteiger partial charge in [-0.3, -0.25) is 24.5 Å². The maximum absolute atomic E-state index is 15.1. The molecule has 2 fully saturated rings. The van der Waals surface area contributed by atoms with Crippen molar-refractivity contribution in [3.63, 3.8) is 0 Å². The zero-order valence-electron chi connectivity index (χ0n) is 23.2. The first kappa shape index (κ1) is 28.0. The number of carbonyl (C=O) groups excluding carboxylic acids is 4. The molecule has 3 aliphatic heterocycles. The van der Waals surface area contributed by atoms with E-state index in [2.05, 4.69) is 15.2 Å². The van der Waals surface area contributed by atoms with Gasteiger partial charge >= 0.3 is 0 Å². The summed E-state index contributed by atoms with van der Waals surface area (Å²) >= 11 is 0. The normalized spacial score (nSPS) is 18.7. The Labute approximate surface area is 247 Å². The van der Waals surface area contributed by atoms with E-state index in [1.165, 1.54) is 11.0 Å². The second-order valence-electron chi connectivity index (χ2n) is 10.9. The van der Waals surface area contributed by atoms with Crippen LogP contribution in [0.25, 0.3) is 0 Å². The van der Waals surface area contributed by atoms with Gasteiger partial charge in [0.15, 0.2) is 5.78 Å². The van der Waals surface area contributed by atoms with Crippen LogP contribution in [0.5, 0.6) is 5.75 Å². The summed E-state index contributed by atoms with van der Waals surface area (Å²) in [5.41, 5.74) is 2.84. The number of nitriles is 1. The summed E-state index contributed by atoms with van der Waals surface area (Å²) in [5, 5.41) is 11.2. The largest absolute Gasteiger partial charge is 0.488 e. The molecule has 2 aromatic carbocycles. The maximum atomic E-state index is 15.1. The van der Waals surface area contributed by atoms with Crippen LogP contribution in [0.4, 0.5) is 10.1 Å². The zero-order valence-corrected chi connectivity index (χ0v) is 23.2. The predicted molar refractivity (Wildman–Crippen MR) is 151 cm³/mol. The number of piperidine rings is 2. The predicted octanol–water partition coefficient (Wildman–Crippen LogP) is 3.53. The molecule has 0 spiro atoms. The molecule has 0 radical (unpaired) electrons. The topological polar surface area (TPSA) is 133 Å². The molecular weight excluding hydrogens is 553 g/mol. The number of hydrogen-bond acceptors (Lipinski definition) is 8. The van der Waals surface area contributed by atoms with E-state index in [9.17, 15) is 19.2 Å². The summed E-state index contributed by atoms with van der Waals surface area (Å²) in [6, 6.07) is 14.2. The third-order valence-corrected chi connectivity index (χ3v) is 8.35. The zero-order chi connectivity index (χ0) is 30.1. The van der Waals surface area contributed by atoms with E-state index in [1.54, 1.807) is 42.6 Å². The van der Waals surface area contributed by atoms with Gasteiger partial charge in [0, 0.05) is 47.7 Å². The molecule has 0 aliphatic carbocycles. The van der Waals surface area contributed by atoms with Crippen LogP contribution in [0.3, 0.4) is 0 Å². The minimum atomic E-state index is -0.742. The molecule has 0 unspecified atom stereocenters. The average molecular weight is 582 g/mol. The Morgan fingerprint density at radius 1 is 1.09 bits per heavy atom. The number of amides is 3. The molecule has 10 nitrogen and oxygen atoms in total. The third-order valence-electron chi connectivity index (χ3n) is 8.35. The van der Waals surface area contributed by atoms with Crippen molar-refractivity contribution in [2.45, 2.75) is 44.9 Å². The SMILES string of the molecule is N#Cc1ccc(N2CCC(C(=O)c3ccc(COc4cccc5c4CN([C@H]4CCC(=O)NC4=O)C5=O)c(F)c3)CC2)cn1.